The van der Waals surface area contributed by atoms with Gasteiger partial charge in [-0.3, -0.25) is 19.8 Å². The first-order valence-electron chi connectivity index (χ1n) is 3.85. The lowest BCUT2D eigenvalue weighted by atomic mass is 10.3. The molecular formula is C7H11ClN2O2. The number of halogens is 1. The minimum absolute atomic E-state index is 0.156. The molecule has 12 heavy (non-hydrogen) atoms. The zero-order valence-electron chi connectivity index (χ0n) is 6.68. The van der Waals surface area contributed by atoms with E-state index < -0.39 is 0 Å². The van der Waals surface area contributed by atoms with Gasteiger partial charge in [0.1, 0.15) is 0 Å². The summed E-state index contributed by atoms with van der Waals surface area (Å²) in [5, 5.41) is 2.72. The predicted molar refractivity (Wildman–Crippen MR) is 44.9 cm³/mol. The summed E-state index contributed by atoms with van der Waals surface area (Å²) in [4.78, 5) is 23.5. The Labute approximate surface area is 75.9 Å². The molecule has 1 rings (SSSR count). The molecule has 0 aromatic rings. The number of nitrogens with zero attached hydrogens (tertiary/aromatic N) is 1. The van der Waals surface area contributed by atoms with Crippen LogP contribution in [-0.4, -0.2) is 42.2 Å². The van der Waals surface area contributed by atoms with Crippen molar-refractivity contribution in [2.75, 3.05) is 25.5 Å². The summed E-state index contributed by atoms with van der Waals surface area (Å²) in [6.45, 7) is 0.963. The Balaban J connectivity index is 2.45. The van der Waals surface area contributed by atoms with Crippen LogP contribution in [0.3, 0.4) is 0 Å². The number of alkyl halides is 1. The van der Waals surface area contributed by atoms with Gasteiger partial charge < -0.3 is 0 Å². The summed E-state index contributed by atoms with van der Waals surface area (Å²) >= 11 is 5.45. The molecule has 1 fully saturated rings. The van der Waals surface area contributed by atoms with E-state index in [-0.39, 0.29) is 24.9 Å². The molecule has 1 N–H and O–H groups in total. The van der Waals surface area contributed by atoms with Gasteiger partial charge in [0.25, 0.3) is 0 Å². The van der Waals surface area contributed by atoms with Gasteiger partial charge in [-0.25, -0.2) is 0 Å². The molecule has 0 saturated carbocycles. The average molecular weight is 191 g/mol. The predicted octanol–water partition coefficient (Wildman–Crippen LogP) is -0.426. The topological polar surface area (TPSA) is 49.4 Å². The second-order valence-corrected chi connectivity index (χ2v) is 2.96. The molecule has 1 aliphatic heterocycles. The van der Waals surface area contributed by atoms with E-state index in [9.17, 15) is 9.59 Å². The minimum Gasteiger partial charge on any atom is -0.300 e. The van der Waals surface area contributed by atoms with Crippen molar-refractivity contribution in [3.05, 3.63) is 0 Å². The quantitative estimate of drug-likeness (QED) is 0.486. The first-order valence-corrected chi connectivity index (χ1v) is 4.39. The maximum atomic E-state index is 11.1. The van der Waals surface area contributed by atoms with Crippen LogP contribution < -0.4 is 5.32 Å². The first-order chi connectivity index (χ1) is 5.75. The van der Waals surface area contributed by atoms with Crippen LogP contribution in [0.4, 0.5) is 0 Å². The summed E-state index contributed by atoms with van der Waals surface area (Å²) in [6, 6.07) is 0. The molecule has 4 nitrogen and oxygen atoms in total. The smallest absolute Gasteiger partial charge is 0.243 e. The lowest BCUT2D eigenvalue weighted by molar-refractivity contribution is -0.146. The molecule has 0 radical (unpaired) electrons. The van der Waals surface area contributed by atoms with Gasteiger partial charge in [0.15, 0.2) is 0 Å². The average Bonchev–Trinajstić information content (AvgIpc) is 2.04. The highest BCUT2D eigenvalue weighted by Crippen LogP contribution is 1.98. The van der Waals surface area contributed by atoms with Gasteiger partial charge in [0, 0.05) is 12.4 Å². The molecule has 2 amide bonds. The zero-order valence-corrected chi connectivity index (χ0v) is 7.43. The molecule has 0 aromatic carbocycles. The Morgan fingerprint density at radius 3 is 2.42 bits per heavy atom. The Bertz CT molecular complexity index is 180. The van der Waals surface area contributed by atoms with Gasteiger partial charge in [-0.1, -0.05) is 0 Å². The van der Waals surface area contributed by atoms with Crippen LogP contribution in [0.2, 0.25) is 0 Å². The third kappa shape index (κ3) is 2.19. The molecule has 0 spiro atoms. The van der Waals surface area contributed by atoms with Crippen LogP contribution in [0.15, 0.2) is 0 Å². The lowest BCUT2D eigenvalue weighted by Crippen LogP contribution is -2.52. The second-order valence-electron chi connectivity index (χ2n) is 2.59. The van der Waals surface area contributed by atoms with Crippen LogP contribution in [0.25, 0.3) is 0 Å². The molecule has 1 heterocycles. The molecule has 68 valence electrons. The van der Waals surface area contributed by atoms with E-state index in [0.29, 0.717) is 18.8 Å². The number of rotatable bonds is 3. The van der Waals surface area contributed by atoms with Crippen molar-refractivity contribution in [1.82, 2.24) is 10.2 Å². The first kappa shape index (κ1) is 9.48. The van der Waals surface area contributed by atoms with Crippen LogP contribution >= 0.6 is 11.6 Å². The van der Waals surface area contributed by atoms with E-state index >= 15 is 0 Å². The van der Waals surface area contributed by atoms with E-state index in [0.717, 1.165) is 0 Å². The normalized spacial score (nSPS) is 18.6. The standard InChI is InChI=1S/C7H11ClN2O2/c8-2-1-3-10-6(11)4-9-5-7(10)12/h9H,1-5H2. The fraction of sp³-hybridized carbons (Fsp3) is 0.714. The summed E-state index contributed by atoms with van der Waals surface area (Å²) in [6.07, 6.45) is 0.666. The summed E-state index contributed by atoms with van der Waals surface area (Å²) in [5.41, 5.74) is 0. The molecule has 5 heteroatoms. The van der Waals surface area contributed by atoms with Crippen molar-refractivity contribution in [3.8, 4) is 0 Å². The molecule has 1 aliphatic rings. The highest BCUT2D eigenvalue weighted by atomic mass is 35.5. The molecule has 0 unspecified atom stereocenters. The van der Waals surface area contributed by atoms with E-state index in [2.05, 4.69) is 5.32 Å². The van der Waals surface area contributed by atoms with Crippen molar-refractivity contribution in [1.29, 1.82) is 0 Å². The number of carbonyl (C=O) groups excluding carboxylic acids is 2. The maximum absolute atomic E-state index is 11.1. The van der Waals surface area contributed by atoms with Crippen molar-refractivity contribution in [3.63, 3.8) is 0 Å². The van der Waals surface area contributed by atoms with Crippen molar-refractivity contribution in [2.24, 2.45) is 0 Å². The number of hydrogen-bond donors (Lipinski definition) is 1. The highest BCUT2D eigenvalue weighted by Gasteiger charge is 2.24. The van der Waals surface area contributed by atoms with Crippen LogP contribution in [0.5, 0.6) is 0 Å². The van der Waals surface area contributed by atoms with E-state index in [1.54, 1.807) is 0 Å². The Morgan fingerprint density at radius 1 is 1.33 bits per heavy atom. The van der Waals surface area contributed by atoms with Crippen molar-refractivity contribution < 1.29 is 9.59 Å². The molecule has 0 aromatic heterocycles. The Morgan fingerprint density at radius 2 is 1.92 bits per heavy atom. The van der Waals surface area contributed by atoms with Gasteiger partial charge in [-0.15, -0.1) is 11.6 Å². The Kier molecular flexibility index (Phi) is 3.49. The summed E-state index contributed by atoms with van der Waals surface area (Å²) in [7, 11) is 0. The fourth-order valence-electron chi connectivity index (χ4n) is 1.07. The van der Waals surface area contributed by atoms with Gasteiger partial charge in [-0.2, -0.15) is 0 Å². The van der Waals surface area contributed by atoms with Crippen LogP contribution in [0.1, 0.15) is 6.42 Å². The van der Waals surface area contributed by atoms with Gasteiger partial charge >= 0.3 is 0 Å². The van der Waals surface area contributed by atoms with Crippen LogP contribution in [0, 0.1) is 0 Å². The number of piperazine rings is 1. The number of hydrogen-bond acceptors (Lipinski definition) is 3. The molecule has 1 saturated heterocycles. The van der Waals surface area contributed by atoms with Crippen molar-refractivity contribution in [2.45, 2.75) is 6.42 Å². The lowest BCUT2D eigenvalue weighted by Gasteiger charge is -2.24. The Hall–Kier alpha value is -0.610. The van der Waals surface area contributed by atoms with Crippen LogP contribution in [-0.2, 0) is 9.59 Å². The summed E-state index contributed by atoms with van der Waals surface area (Å²) in [5.74, 6) is 0.164. The summed E-state index contributed by atoms with van der Waals surface area (Å²) < 4.78 is 0. The molecule has 0 bridgehead atoms. The molecule has 0 atom stereocenters. The number of nitrogens with one attached hydrogen (secondary N) is 1. The monoisotopic (exact) mass is 190 g/mol. The molecular weight excluding hydrogens is 180 g/mol. The van der Waals surface area contributed by atoms with Gasteiger partial charge in [0.2, 0.25) is 11.8 Å². The minimum atomic E-state index is -0.156. The largest absolute Gasteiger partial charge is 0.300 e. The highest BCUT2D eigenvalue weighted by molar-refractivity contribution is 6.17. The fourth-order valence-corrected chi connectivity index (χ4v) is 1.19. The number of amides is 2. The molecule has 0 aliphatic carbocycles. The third-order valence-electron chi connectivity index (χ3n) is 1.67. The second kappa shape index (κ2) is 4.42. The van der Waals surface area contributed by atoms with E-state index in [1.807, 2.05) is 0 Å². The van der Waals surface area contributed by atoms with Crippen molar-refractivity contribution >= 4 is 23.4 Å². The zero-order chi connectivity index (χ0) is 8.97. The van der Waals surface area contributed by atoms with Gasteiger partial charge in [0.05, 0.1) is 13.1 Å². The number of carbonyl (C=O) groups is 2. The van der Waals surface area contributed by atoms with Gasteiger partial charge in [-0.05, 0) is 6.42 Å². The van der Waals surface area contributed by atoms with E-state index in [1.165, 1.54) is 4.90 Å². The van der Waals surface area contributed by atoms with E-state index in [4.69, 9.17) is 11.6 Å². The SMILES string of the molecule is O=C1CNCC(=O)N1CCCCl. The third-order valence-corrected chi connectivity index (χ3v) is 1.94. The maximum Gasteiger partial charge on any atom is 0.243 e. The number of imide groups is 1.